The van der Waals surface area contributed by atoms with Crippen molar-refractivity contribution in [1.29, 1.82) is 0 Å². The van der Waals surface area contributed by atoms with Crippen molar-refractivity contribution in [2.45, 2.75) is 38.5 Å². The molecule has 1 aliphatic heterocycles. The molecule has 1 aromatic rings. The molecule has 1 aromatic heterocycles. The first-order valence-corrected chi connectivity index (χ1v) is 8.12. The molecule has 0 bridgehead atoms. The highest BCUT2D eigenvalue weighted by Crippen LogP contribution is 2.30. The lowest BCUT2D eigenvalue weighted by atomic mass is 9.99. The molecule has 0 aromatic carbocycles. The first-order valence-electron chi connectivity index (χ1n) is 7.30. The molecule has 1 aliphatic carbocycles. The Labute approximate surface area is 122 Å². The van der Waals surface area contributed by atoms with Gasteiger partial charge in [-0.05, 0) is 50.2 Å². The van der Waals surface area contributed by atoms with E-state index in [2.05, 4.69) is 0 Å². The van der Waals surface area contributed by atoms with Crippen LogP contribution in [-0.4, -0.2) is 36.5 Å². The number of nitrogens with zero attached hydrogens (tertiary/aromatic N) is 1. The lowest BCUT2D eigenvalue weighted by Crippen LogP contribution is -2.31. The van der Waals surface area contributed by atoms with Gasteiger partial charge in [0.1, 0.15) is 4.88 Å². The number of thiophene rings is 1. The monoisotopic (exact) mass is 293 g/mol. The van der Waals surface area contributed by atoms with Crippen LogP contribution in [0.2, 0.25) is 0 Å². The van der Waals surface area contributed by atoms with Gasteiger partial charge in [0.2, 0.25) is 0 Å². The van der Waals surface area contributed by atoms with Gasteiger partial charge in [0.05, 0.1) is 0 Å². The number of esters is 1. The van der Waals surface area contributed by atoms with E-state index in [9.17, 15) is 9.59 Å². The quantitative estimate of drug-likeness (QED) is 0.804. The zero-order valence-corrected chi connectivity index (χ0v) is 12.3. The number of ether oxygens (including phenoxy) is 1. The maximum atomic E-state index is 12.0. The van der Waals surface area contributed by atoms with Crippen molar-refractivity contribution in [3.63, 3.8) is 0 Å². The molecule has 0 saturated carbocycles. The molecule has 4 nitrogen and oxygen atoms in total. The predicted octanol–water partition coefficient (Wildman–Crippen LogP) is 2.41. The average Bonchev–Trinajstić information content (AvgIpc) is 3.12. The zero-order valence-electron chi connectivity index (χ0n) is 11.5. The van der Waals surface area contributed by atoms with Gasteiger partial charge in [0, 0.05) is 18.0 Å². The molecule has 1 fully saturated rings. The Morgan fingerprint density at radius 3 is 2.65 bits per heavy atom. The van der Waals surface area contributed by atoms with Crippen molar-refractivity contribution in [3.05, 3.63) is 21.4 Å². The Balaban J connectivity index is 1.56. The average molecular weight is 293 g/mol. The Hall–Kier alpha value is -1.36. The second-order valence-electron chi connectivity index (χ2n) is 5.43. The van der Waals surface area contributed by atoms with E-state index in [-0.39, 0.29) is 18.5 Å². The molecule has 1 amide bonds. The van der Waals surface area contributed by atoms with E-state index in [0.717, 1.165) is 38.8 Å². The van der Waals surface area contributed by atoms with E-state index in [4.69, 9.17) is 4.74 Å². The molecule has 108 valence electrons. The van der Waals surface area contributed by atoms with Gasteiger partial charge < -0.3 is 9.64 Å². The van der Waals surface area contributed by atoms with Crippen molar-refractivity contribution in [1.82, 2.24) is 4.90 Å². The maximum Gasteiger partial charge on any atom is 0.348 e. The normalized spacial score (nSPS) is 17.9. The van der Waals surface area contributed by atoms with Crippen LogP contribution in [0.15, 0.2) is 6.07 Å². The lowest BCUT2D eigenvalue weighted by molar-refractivity contribution is -0.133. The smallest absolute Gasteiger partial charge is 0.348 e. The van der Waals surface area contributed by atoms with Crippen molar-refractivity contribution in [2.24, 2.45) is 0 Å². The van der Waals surface area contributed by atoms with Crippen LogP contribution in [0.3, 0.4) is 0 Å². The third-order valence-corrected chi connectivity index (χ3v) is 5.20. The molecule has 0 unspecified atom stereocenters. The predicted molar refractivity (Wildman–Crippen MR) is 77.1 cm³/mol. The summed E-state index contributed by atoms with van der Waals surface area (Å²) in [5.41, 5.74) is 1.29. The summed E-state index contributed by atoms with van der Waals surface area (Å²) in [5, 5.41) is 0. The van der Waals surface area contributed by atoms with Gasteiger partial charge in [0.25, 0.3) is 5.91 Å². The second kappa shape index (κ2) is 5.95. The molecule has 5 heteroatoms. The van der Waals surface area contributed by atoms with E-state index in [1.54, 1.807) is 4.90 Å². The molecule has 20 heavy (non-hydrogen) atoms. The number of amides is 1. The zero-order chi connectivity index (χ0) is 13.9. The van der Waals surface area contributed by atoms with Gasteiger partial charge in [-0.1, -0.05) is 0 Å². The van der Waals surface area contributed by atoms with Crippen LogP contribution in [0.1, 0.15) is 45.8 Å². The minimum atomic E-state index is -0.350. The van der Waals surface area contributed by atoms with Crippen LogP contribution in [0, 0.1) is 0 Å². The van der Waals surface area contributed by atoms with Crippen molar-refractivity contribution in [3.8, 4) is 0 Å². The fraction of sp³-hybridized carbons (Fsp3) is 0.600. The van der Waals surface area contributed by atoms with Gasteiger partial charge in [0.15, 0.2) is 6.61 Å². The summed E-state index contributed by atoms with van der Waals surface area (Å²) in [6.45, 7) is 1.47. The van der Waals surface area contributed by atoms with E-state index in [1.807, 2.05) is 6.07 Å². The van der Waals surface area contributed by atoms with E-state index in [1.165, 1.54) is 34.6 Å². The molecule has 0 atom stereocenters. The summed E-state index contributed by atoms with van der Waals surface area (Å²) in [4.78, 5) is 27.6. The van der Waals surface area contributed by atoms with E-state index < -0.39 is 0 Å². The molecular formula is C15H19NO3S. The minimum Gasteiger partial charge on any atom is -0.451 e. The number of hydrogen-bond donors (Lipinski definition) is 0. The second-order valence-corrected chi connectivity index (χ2v) is 6.57. The molecule has 0 N–H and O–H groups in total. The number of hydrogen-bond acceptors (Lipinski definition) is 4. The summed E-state index contributed by atoms with van der Waals surface area (Å²) < 4.78 is 5.16. The van der Waals surface area contributed by atoms with Crippen LogP contribution >= 0.6 is 11.3 Å². The van der Waals surface area contributed by atoms with Crippen LogP contribution in [-0.2, 0) is 22.4 Å². The molecule has 3 rings (SSSR count). The summed E-state index contributed by atoms with van der Waals surface area (Å²) in [6.07, 6.45) is 6.64. The molecule has 2 heterocycles. The van der Waals surface area contributed by atoms with Gasteiger partial charge >= 0.3 is 5.97 Å². The Kier molecular flexibility index (Phi) is 4.05. The number of carbonyl (C=O) groups is 2. The highest BCUT2D eigenvalue weighted by molar-refractivity contribution is 7.14. The number of likely N-dealkylation sites (tertiary alicyclic amines) is 1. The van der Waals surface area contributed by atoms with Crippen LogP contribution in [0.4, 0.5) is 0 Å². The molecule has 0 spiro atoms. The minimum absolute atomic E-state index is 0.0721. The van der Waals surface area contributed by atoms with Gasteiger partial charge in [-0.3, -0.25) is 4.79 Å². The Morgan fingerprint density at radius 1 is 1.15 bits per heavy atom. The first kappa shape index (κ1) is 13.6. The fourth-order valence-electron chi connectivity index (χ4n) is 2.85. The number of carbonyl (C=O) groups excluding carboxylic acids is 2. The summed E-state index contributed by atoms with van der Waals surface area (Å²) in [6, 6.07) is 1.95. The van der Waals surface area contributed by atoms with Gasteiger partial charge in [-0.25, -0.2) is 4.79 Å². The maximum absolute atomic E-state index is 12.0. The molecule has 1 saturated heterocycles. The molecular weight excluding hydrogens is 274 g/mol. The summed E-state index contributed by atoms with van der Waals surface area (Å²) in [5.74, 6) is -0.422. The lowest BCUT2D eigenvalue weighted by Gasteiger charge is -2.14. The largest absolute Gasteiger partial charge is 0.451 e. The highest BCUT2D eigenvalue weighted by Gasteiger charge is 2.21. The third kappa shape index (κ3) is 2.87. The summed E-state index contributed by atoms with van der Waals surface area (Å²) in [7, 11) is 0. The third-order valence-electron chi connectivity index (χ3n) is 3.98. The number of aryl methyl sites for hydroxylation is 2. The van der Waals surface area contributed by atoms with Crippen molar-refractivity contribution < 1.29 is 14.3 Å². The summed E-state index contributed by atoms with van der Waals surface area (Å²) >= 11 is 1.53. The fourth-order valence-corrected chi connectivity index (χ4v) is 3.99. The highest BCUT2D eigenvalue weighted by atomic mass is 32.1. The van der Waals surface area contributed by atoms with Crippen LogP contribution < -0.4 is 0 Å². The van der Waals surface area contributed by atoms with Crippen molar-refractivity contribution >= 4 is 23.2 Å². The SMILES string of the molecule is O=C(OCC(=O)N1CCCC1)c1cc2c(s1)CCCC2. The Bertz CT molecular complexity index is 494. The first-order chi connectivity index (χ1) is 9.74. The molecule has 0 radical (unpaired) electrons. The topological polar surface area (TPSA) is 46.6 Å². The van der Waals surface area contributed by atoms with Crippen LogP contribution in [0.25, 0.3) is 0 Å². The van der Waals surface area contributed by atoms with E-state index >= 15 is 0 Å². The number of rotatable bonds is 3. The molecule has 2 aliphatic rings. The van der Waals surface area contributed by atoms with Gasteiger partial charge in [-0.15, -0.1) is 11.3 Å². The number of fused-ring (bicyclic) bond motifs is 1. The van der Waals surface area contributed by atoms with Crippen LogP contribution in [0.5, 0.6) is 0 Å². The van der Waals surface area contributed by atoms with Gasteiger partial charge in [-0.2, -0.15) is 0 Å². The van der Waals surface area contributed by atoms with Crippen molar-refractivity contribution in [2.75, 3.05) is 19.7 Å². The Morgan fingerprint density at radius 2 is 1.90 bits per heavy atom. The van der Waals surface area contributed by atoms with E-state index in [0.29, 0.717) is 4.88 Å². The standard InChI is InChI=1S/C15H19NO3S/c17-14(16-7-3-4-8-16)10-19-15(18)13-9-11-5-1-2-6-12(11)20-13/h9H,1-8,10H2.